The third-order valence-electron chi connectivity index (χ3n) is 5.04. The van der Waals surface area contributed by atoms with E-state index < -0.39 is 24.4 Å². The van der Waals surface area contributed by atoms with Gasteiger partial charge in [-0.3, -0.25) is 0 Å². The fourth-order valence-corrected chi connectivity index (χ4v) is 2.84. The van der Waals surface area contributed by atoms with E-state index in [1.165, 1.54) is 63.5 Å². The van der Waals surface area contributed by atoms with E-state index >= 15 is 0 Å². The molecule has 0 amide bonds. The molecular weight excluding hydrogens is 472 g/mol. The fourth-order valence-electron chi connectivity index (χ4n) is 2.84. The highest BCUT2D eigenvalue weighted by Crippen LogP contribution is 2.06. The minimum atomic E-state index is -0.856. The van der Waals surface area contributed by atoms with Gasteiger partial charge in [-0.15, -0.1) is 0 Å². The summed E-state index contributed by atoms with van der Waals surface area (Å²) in [6.07, 6.45) is 21.1. The van der Waals surface area contributed by atoms with Gasteiger partial charge < -0.3 is 20.4 Å². The number of hydrogen-bond acceptors (Lipinski definition) is 4. The average molecular weight is 521 g/mol. The van der Waals surface area contributed by atoms with Crippen LogP contribution in [-0.2, 0) is 0 Å². The molecule has 0 spiro atoms. The van der Waals surface area contributed by atoms with Crippen molar-refractivity contribution in [2.75, 3.05) is 0 Å². The molecule has 0 unspecified atom stereocenters. The van der Waals surface area contributed by atoms with Crippen molar-refractivity contribution >= 4 is 0 Å². The lowest BCUT2D eigenvalue weighted by atomic mass is 10.1. The second-order valence-corrected chi connectivity index (χ2v) is 8.59. The Bertz CT molecular complexity index is 823. The second-order valence-electron chi connectivity index (χ2n) is 8.59. The summed E-state index contributed by atoms with van der Waals surface area (Å²) >= 11 is 0. The average Bonchev–Trinajstić information content (AvgIpc) is 2.92. The zero-order chi connectivity index (χ0) is 28.7. The molecule has 0 aliphatic rings. The summed E-state index contributed by atoms with van der Waals surface area (Å²) in [6.45, 7) is 11.2. The molecule has 0 aromatic rings. The first kappa shape index (κ1) is 37.2. The number of allylic oxidation sites excluding steroid dienone is 2. The van der Waals surface area contributed by atoms with E-state index in [9.17, 15) is 10.2 Å². The molecule has 0 radical (unpaired) electrons. The Balaban J connectivity index is 0. The van der Waals surface area contributed by atoms with Gasteiger partial charge in [0.25, 0.3) is 0 Å². The van der Waals surface area contributed by atoms with Crippen LogP contribution >= 0.6 is 0 Å². The van der Waals surface area contributed by atoms with Crippen LogP contribution in [-0.4, -0.2) is 44.8 Å². The molecule has 4 atom stereocenters. The normalized spacial score (nSPS) is 13.0. The smallest absolute Gasteiger partial charge is 0.134 e. The monoisotopic (exact) mass is 520 g/mol. The van der Waals surface area contributed by atoms with E-state index in [2.05, 4.69) is 74.4 Å². The molecule has 0 aliphatic carbocycles. The number of aliphatic hydroxyl groups excluding tert-OH is 4. The van der Waals surface area contributed by atoms with Crippen molar-refractivity contribution in [3.63, 3.8) is 0 Å². The maximum Gasteiger partial charge on any atom is 0.134 e. The molecule has 38 heavy (non-hydrogen) atoms. The molecule has 0 aliphatic heterocycles. The Labute approximate surface area is 232 Å². The van der Waals surface area contributed by atoms with E-state index in [0.29, 0.717) is 0 Å². The van der Waals surface area contributed by atoms with E-state index in [-0.39, 0.29) is 0 Å². The lowest BCUT2D eigenvalue weighted by Gasteiger charge is -1.97. The molecule has 0 aromatic heterocycles. The Kier molecular flexibility index (Phi) is 29.6. The van der Waals surface area contributed by atoms with Gasteiger partial charge in [0.15, 0.2) is 0 Å². The largest absolute Gasteiger partial charge is 0.377 e. The van der Waals surface area contributed by atoms with E-state index in [0.717, 1.165) is 25.7 Å². The van der Waals surface area contributed by atoms with Crippen LogP contribution < -0.4 is 0 Å². The quantitative estimate of drug-likeness (QED) is 0.121. The highest BCUT2D eigenvalue weighted by atomic mass is 16.3. The number of aliphatic hydroxyl groups is 4. The molecule has 4 N–H and O–H groups in total. The van der Waals surface area contributed by atoms with Gasteiger partial charge in [-0.25, -0.2) is 0 Å². The van der Waals surface area contributed by atoms with Crippen LogP contribution in [0, 0.1) is 47.4 Å². The third kappa shape index (κ3) is 31.1. The second kappa shape index (κ2) is 30.3. The first-order valence-corrected chi connectivity index (χ1v) is 13.7. The zero-order valence-corrected chi connectivity index (χ0v) is 23.5. The first-order valence-electron chi connectivity index (χ1n) is 13.7. The minimum Gasteiger partial charge on any atom is -0.377 e. The molecule has 0 aromatic carbocycles. The van der Waals surface area contributed by atoms with Crippen molar-refractivity contribution in [1.29, 1.82) is 0 Å². The predicted molar refractivity (Wildman–Crippen MR) is 161 cm³/mol. The van der Waals surface area contributed by atoms with Gasteiger partial charge in [-0.1, -0.05) is 126 Å². The molecule has 0 bridgehead atoms. The molecule has 4 heteroatoms. The van der Waals surface area contributed by atoms with Crippen molar-refractivity contribution < 1.29 is 20.4 Å². The van der Waals surface area contributed by atoms with Crippen molar-refractivity contribution in [2.24, 2.45) is 0 Å². The first-order chi connectivity index (χ1) is 18.4. The van der Waals surface area contributed by atoms with Gasteiger partial charge >= 0.3 is 0 Å². The molecule has 208 valence electrons. The van der Waals surface area contributed by atoms with Crippen LogP contribution in [0.5, 0.6) is 0 Å². The predicted octanol–water partition coefficient (Wildman–Crippen LogP) is 5.64. The molecule has 0 rings (SSSR count). The van der Waals surface area contributed by atoms with Crippen molar-refractivity contribution in [1.82, 2.24) is 0 Å². The van der Waals surface area contributed by atoms with Crippen LogP contribution in [0.25, 0.3) is 0 Å². The number of unbranched alkanes of at least 4 members (excludes halogenated alkanes) is 10. The molecule has 0 heterocycles. The molecule has 0 saturated heterocycles. The van der Waals surface area contributed by atoms with Crippen LogP contribution in [0.1, 0.15) is 90.9 Å². The minimum absolute atomic E-state index is 0.786. The Morgan fingerprint density at radius 1 is 0.500 bits per heavy atom. The summed E-state index contributed by atoms with van der Waals surface area (Å²) in [5.74, 6) is 20.0. The summed E-state index contributed by atoms with van der Waals surface area (Å²) in [6, 6.07) is 0. The topological polar surface area (TPSA) is 80.9 Å². The molecular formula is C34H48O4. The van der Waals surface area contributed by atoms with E-state index in [4.69, 9.17) is 10.2 Å². The summed E-state index contributed by atoms with van der Waals surface area (Å²) < 4.78 is 0. The summed E-state index contributed by atoms with van der Waals surface area (Å²) in [5.41, 5.74) is 0. The maximum atomic E-state index is 9.50. The van der Waals surface area contributed by atoms with E-state index in [1.54, 1.807) is 12.2 Å². The Morgan fingerprint density at radius 2 is 0.816 bits per heavy atom. The standard InChI is InChI=1S/2C17H24O2/c2*1-3-5-6-7-8-9-10-14-17(19)15-12-11-13-16(18)4-2/h2*4,10,14,16-19H,2-3,5-9H2,1H3/b14-10+;14-10-/t2*16-,17+/m11/s1. The fraction of sp³-hybridized carbons (Fsp3) is 0.529. The summed E-state index contributed by atoms with van der Waals surface area (Å²) in [4.78, 5) is 0. The summed E-state index contributed by atoms with van der Waals surface area (Å²) in [7, 11) is 0. The molecule has 0 fully saturated rings. The lowest BCUT2D eigenvalue weighted by Crippen LogP contribution is -1.97. The SMILES string of the molecule is C=C[C@@H](O)C#CC#C[C@@H](O)/C=C/CCCCCCC.C=C[C@@H](O)C#CC#C[C@@H](O)/C=C\CCCCCCC. The van der Waals surface area contributed by atoms with Gasteiger partial charge in [-0.05, 0) is 61.5 Å². The Morgan fingerprint density at radius 3 is 1.13 bits per heavy atom. The van der Waals surface area contributed by atoms with Crippen LogP contribution in [0.4, 0.5) is 0 Å². The Hall–Kier alpha value is -2.96. The van der Waals surface area contributed by atoms with Crippen LogP contribution in [0.2, 0.25) is 0 Å². The number of hydrogen-bond donors (Lipinski definition) is 4. The van der Waals surface area contributed by atoms with Gasteiger partial charge in [0.1, 0.15) is 24.4 Å². The molecule has 4 nitrogen and oxygen atoms in total. The summed E-state index contributed by atoms with van der Waals surface area (Å²) in [5, 5.41) is 37.1. The van der Waals surface area contributed by atoms with Crippen LogP contribution in [0.3, 0.4) is 0 Å². The van der Waals surface area contributed by atoms with Gasteiger partial charge in [0, 0.05) is 0 Å². The third-order valence-corrected chi connectivity index (χ3v) is 5.04. The van der Waals surface area contributed by atoms with Gasteiger partial charge in [-0.2, -0.15) is 0 Å². The van der Waals surface area contributed by atoms with Gasteiger partial charge in [0.2, 0.25) is 0 Å². The maximum absolute atomic E-state index is 9.50. The molecule has 0 saturated carbocycles. The van der Waals surface area contributed by atoms with E-state index in [1.807, 2.05) is 12.2 Å². The van der Waals surface area contributed by atoms with Crippen molar-refractivity contribution in [2.45, 2.75) is 115 Å². The zero-order valence-electron chi connectivity index (χ0n) is 23.5. The van der Waals surface area contributed by atoms with Crippen molar-refractivity contribution in [3.8, 4) is 47.4 Å². The van der Waals surface area contributed by atoms with Crippen LogP contribution in [0.15, 0.2) is 49.6 Å². The highest BCUT2D eigenvalue weighted by Gasteiger charge is 1.92. The van der Waals surface area contributed by atoms with Crippen molar-refractivity contribution in [3.05, 3.63) is 49.6 Å². The number of rotatable bonds is 16. The lowest BCUT2D eigenvalue weighted by molar-refractivity contribution is 0.279. The highest BCUT2D eigenvalue weighted by molar-refractivity contribution is 5.31. The van der Waals surface area contributed by atoms with Gasteiger partial charge in [0.05, 0.1) is 0 Å².